The summed E-state index contributed by atoms with van der Waals surface area (Å²) in [6.07, 6.45) is 0. The van der Waals surface area contributed by atoms with Crippen LogP contribution in [-0.4, -0.2) is 8.42 Å². The lowest BCUT2D eigenvalue weighted by molar-refractivity contribution is 0.486. The predicted molar refractivity (Wildman–Crippen MR) is 94.5 cm³/mol. The minimum Gasteiger partial charge on any atom is -0.381 e. The quantitative estimate of drug-likeness (QED) is 0.688. The zero-order valence-corrected chi connectivity index (χ0v) is 13.7. The van der Waals surface area contributed by atoms with E-state index in [0.717, 1.165) is 11.3 Å². The molecule has 0 aliphatic heterocycles. The number of anilines is 1. The molecule has 0 spiro atoms. The van der Waals surface area contributed by atoms with Crippen LogP contribution in [0.1, 0.15) is 5.56 Å². The molecule has 0 aliphatic rings. The molecule has 24 heavy (non-hydrogen) atoms. The molecule has 0 heterocycles. The van der Waals surface area contributed by atoms with Crippen molar-refractivity contribution < 1.29 is 12.6 Å². The molecule has 3 aromatic rings. The molecule has 0 aromatic heterocycles. The molecule has 0 unspecified atom stereocenters. The highest BCUT2D eigenvalue weighted by atomic mass is 32.2. The van der Waals surface area contributed by atoms with Gasteiger partial charge in [0.1, 0.15) is 10.6 Å². The third kappa shape index (κ3) is 4.14. The van der Waals surface area contributed by atoms with Gasteiger partial charge in [0, 0.05) is 18.3 Å². The molecule has 5 heteroatoms. The maximum atomic E-state index is 12.2. The fraction of sp³-hybridized carbons (Fsp3) is 0.0526. The van der Waals surface area contributed by atoms with Crippen LogP contribution >= 0.6 is 0 Å². The van der Waals surface area contributed by atoms with Gasteiger partial charge >= 0.3 is 10.1 Å². The number of benzene rings is 3. The van der Waals surface area contributed by atoms with Crippen LogP contribution in [0, 0.1) is 0 Å². The molecule has 0 fully saturated rings. The van der Waals surface area contributed by atoms with Crippen LogP contribution in [0.15, 0.2) is 89.8 Å². The Morgan fingerprint density at radius 2 is 1.46 bits per heavy atom. The van der Waals surface area contributed by atoms with Crippen LogP contribution in [0.2, 0.25) is 0 Å². The van der Waals surface area contributed by atoms with E-state index >= 15 is 0 Å². The lowest BCUT2D eigenvalue weighted by atomic mass is 10.2. The van der Waals surface area contributed by atoms with E-state index in [1.54, 1.807) is 36.4 Å². The summed E-state index contributed by atoms with van der Waals surface area (Å²) in [6.45, 7) is 0.649. The molecular weight excluding hydrogens is 322 g/mol. The lowest BCUT2D eigenvalue weighted by Gasteiger charge is -2.10. The summed E-state index contributed by atoms with van der Waals surface area (Å²) in [5, 5.41) is 3.25. The zero-order chi connectivity index (χ0) is 16.8. The number of hydrogen-bond acceptors (Lipinski definition) is 4. The number of hydrogen-bond donors (Lipinski definition) is 1. The number of nitrogens with one attached hydrogen (secondary N) is 1. The Bertz CT molecular complexity index is 894. The Kier molecular flexibility index (Phi) is 4.82. The summed E-state index contributed by atoms with van der Waals surface area (Å²) in [5.74, 6) is 0.275. The SMILES string of the molecule is O=S(=O)(Oc1cccc(NCc2ccccc2)c1)c1ccccc1. The Morgan fingerprint density at radius 1 is 0.792 bits per heavy atom. The van der Waals surface area contributed by atoms with Crippen molar-refractivity contribution in [1.82, 2.24) is 0 Å². The van der Waals surface area contributed by atoms with E-state index in [9.17, 15) is 8.42 Å². The average Bonchev–Trinajstić information content (AvgIpc) is 2.62. The highest BCUT2D eigenvalue weighted by Gasteiger charge is 2.16. The largest absolute Gasteiger partial charge is 0.381 e. The Balaban J connectivity index is 1.71. The van der Waals surface area contributed by atoms with Gasteiger partial charge in [0.2, 0.25) is 0 Å². The molecule has 3 rings (SSSR count). The van der Waals surface area contributed by atoms with Gasteiger partial charge in [-0.2, -0.15) is 8.42 Å². The maximum absolute atomic E-state index is 12.2. The maximum Gasteiger partial charge on any atom is 0.339 e. The van der Waals surface area contributed by atoms with Crippen LogP contribution in [0.3, 0.4) is 0 Å². The standard InChI is InChI=1S/C19H17NO3S/c21-24(22,19-12-5-2-6-13-19)23-18-11-7-10-17(14-18)20-15-16-8-3-1-4-9-16/h1-14,20H,15H2. The average molecular weight is 339 g/mol. The van der Waals surface area contributed by atoms with Gasteiger partial charge in [-0.1, -0.05) is 54.6 Å². The molecular formula is C19H17NO3S. The summed E-state index contributed by atoms with van der Waals surface area (Å²) in [5.41, 5.74) is 1.93. The van der Waals surface area contributed by atoms with E-state index in [0.29, 0.717) is 6.54 Å². The van der Waals surface area contributed by atoms with Crippen LogP contribution in [-0.2, 0) is 16.7 Å². The fourth-order valence-corrected chi connectivity index (χ4v) is 3.16. The molecule has 0 saturated heterocycles. The molecule has 0 saturated carbocycles. The zero-order valence-electron chi connectivity index (χ0n) is 12.9. The fourth-order valence-electron chi connectivity index (χ4n) is 2.22. The molecule has 0 aliphatic carbocycles. The van der Waals surface area contributed by atoms with Gasteiger partial charge < -0.3 is 9.50 Å². The van der Waals surface area contributed by atoms with Crippen molar-refractivity contribution in [2.75, 3.05) is 5.32 Å². The first-order valence-electron chi connectivity index (χ1n) is 7.51. The van der Waals surface area contributed by atoms with Crippen molar-refractivity contribution in [2.24, 2.45) is 0 Å². The first-order valence-corrected chi connectivity index (χ1v) is 8.92. The van der Waals surface area contributed by atoms with E-state index in [-0.39, 0.29) is 10.6 Å². The van der Waals surface area contributed by atoms with Crippen LogP contribution in [0.5, 0.6) is 5.75 Å². The molecule has 0 bridgehead atoms. The second-order valence-corrected chi connectivity index (χ2v) is 6.76. The highest BCUT2D eigenvalue weighted by Crippen LogP contribution is 2.22. The highest BCUT2D eigenvalue weighted by molar-refractivity contribution is 7.87. The Hall–Kier alpha value is -2.79. The predicted octanol–water partition coefficient (Wildman–Crippen LogP) is 4.07. The van der Waals surface area contributed by atoms with Crippen molar-refractivity contribution in [1.29, 1.82) is 0 Å². The monoisotopic (exact) mass is 339 g/mol. The minimum absolute atomic E-state index is 0.132. The lowest BCUT2D eigenvalue weighted by Crippen LogP contribution is -2.09. The van der Waals surface area contributed by atoms with Crippen molar-refractivity contribution in [3.63, 3.8) is 0 Å². The second kappa shape index (κ2) is 7.19. The third-order valence-electron chi connectivity index (χ3n) is 3.41. The van der Waals surface area contributed by atoms with Gasteiger partial charge in [-0.3, -0.25) is 0 Å². The van der Waals surface area contributed by atoms with E-state index < -0.39 is 10.1 Å². The topological polar surface area (TPSA) is 55.4 Å². The van der Waals surface area contributed by atoms with Gasteiger partial charge in [0.25, 0.3) is 0 Å². The van der Waals surface area contributed by atoms with E-state index in [2.05, 4.69) is 5.32 Å². The summed E-state index contributed by atoms with van der Waals surface area (Å²) < 4.78 is 29.7. The summed E-state index contributed by atoms with van der Waals surface area (Å²) in [7, 11) is -3.82. The summed E-state index contributed by atoms with van der Waals surface area (Å²) >= 11 is 0. The van der Waals surface area contributed by atoms with Gasteiger partial charge in [-0.25, -0.2) is 0 Å². The van der Waals surface area contributed by atoms with Crippen LogP contribution in [0.4, 0.5) is 5.69 Å². The Morgan fingerprint density at radius 3 is 2.17 bits per heavy atom. The Labute approximate surface area is 141 Å². The normalized spacial score (nSPS) is 11.0. The van der Waals surface area contributed by atoms with Crippen LogP contribution in [0.25, 0.3) is 0 Å². The number of rotatable bonds is 6. The van der Waals surface area contributed by atoms with Crippen molar-refractivity contribution in [3.8, 4) is 5.75 Å². The van der Waals surface area contributed by atoms with Crippen molar-refractivity contribution in [2.45, 2.75) is 11.4 Å². The van der Waals surface area contributed by atoms with E-state index in [4.69, 9.17) is 4.18 Å². The van der Waals surface area contributed by atoms with Crippen molar-refractivity contribution >= 4 is 15.8 Å². The first-order chi connectivity index (χ1) is 11.6. The van der Waals surface area contributed by atoms with E-state index in [1.165, 1.54) is 12.1 Å². The van der Waals surface area contributed by atoms with Gasteiger partial charge in [-0.15, -0.1) is 0 Å². The van der Waals surface area contributed by atoms with E-state index in [1.807, 2.05) is 36.4 Å². The molecule has 122 valence electrons. The molecule has 4 nitrogen and oxygen atoms in total. The molecule has 0 atom stereocenters. The third-order valence-corrected chi connectivity index (χ3v) is 4.67. The van der Waals surface area contributed by atoms with Gasteiger partial charge in [0.15, 0.2) is 0 Å². The molecule has 0 radical (unpaired) electrons. The van der Waals surface area contributed by atoms with Gasteiger partial charge in [-0.05, 0) is 29.8 Å². The van der Waals surface area contributed by atoms with Crippen LogP contribution < -0.4 is 9.50 Å². The molecule has 3 aromatic carbocycles. The smallest absolute Gasteiger partial charge is 0.339 e. The first kappa shape index (κ1) is 16.1. The molecule has 1 N–H and O–H groups in total. The second-order valence-electron chi connectivity index (χ2n) is 5.22. The molecule has 0 amide bonds. The minimum atomic E-state index is -3.82. The summed E-state index contributed by atoms with van der Waals surface area (Å²) in [6, 6.07) is 25.0. The summed E-state index contributed by atoms with van der Waals surface area (Å²) in [4.78, 5) is 0.132. The van der Waals surface area contributed by atoms with Gasteiger partial charge in [0.05, 0.1) is 0 Å². The van der Waals surface area contributed by atoms with Crippen molar-refractivity contribution in [3.05, 3.63) is 90.5 Å².